The van der Waals surface area contributed by atoms with Crippen LogP contribution in [0, 0.1) is 29.6 Å². The van der Waals surface area contributed by atoms with E-state index in [0.29, 0.717) is 0 Å². The fourth-order valence-corrected chi connectivity index (χ4v) is 2.49. The van der Waals surface area contributed by atoms with Crippen LogP contribution in [-0.2, 0) is 9.53 Å². The van der Waals surface area contributed by atoms with E-state index in [1.165, 1.54) is 0 Å². The highest BCUT2D eigenvalue weighted by atomic mass is 35.5. The van der Waals surface area contributed by atoms with Gasteiger partial charge in [-0.05, 0) is 23.8 Å². The number of ether oxygens (including phenoxy) is 1. The number of carbonyl (C=O) groups is 1. The standard InChI is InChI=1S/C16H16ClF5O2/c1-4-11(10(19)6-5-7-18)24-14(23)13-9(15(13,2)3)8-12(17)16(20,21)22/h1,6,8-9,11,13H,5,7H2,2-3H3/b10-6-,12-8-. The van der Waals surface area contributed by atoms with E-state index in [9.17, 15) is 26.7 Å². The molecule has 0 amide bonds. The van der Waals surface area contributed by atoms with Crippen molar-refractivity contribution in [1.82, 2.24) is 0 Å². The maximum Gasteiger partial charge on any atom is 0.426 e. The molecule has 1 aliphatic carbocycles. The third-order valence-corrected chi connectivity index (χ3v) is 4.19. The molecule has 0 aliphatic heterocycles. The first-order valence-corrected chi connectivity index (χ1v) is 7.37. The Morgan fingerprint density at radius 1 is 1.46 bits per heavy atom. The van der Waals surface area contributed by atoms with Gasteiger partial charge in [-0.1, -0.05) is 37.4 Å². The minimum atomic E-state index is -4.71. The number of halogens is 6. The van der Waals surface area contributed by atoms with Crippen LogP contribution in [0.5, 0.6) is 0 Å². The fourth-order valence-electron chi connectivity index (χ4n) is 2.35. The van der Waals surface area contributed by atoms with Crippen LogP contribution in [0.15, 0.2) is 23.0 Å². The van der Waals surface area contributed by atoms with Crippen molar-refractivity contribution in [2.75, 3.05) is 6.67 Å². The lowest BCUT2D eigenvalue weighted by molar-refractivity contribution is -0.148. The van der Waals surface area contributed by atoms with Crippen molar-refractivity contribution in [1.29, 1.82) is 0 Å². The molecule has 8 heteroatoms. The average molecular weight is 371 g/mol. The monoisotopic (exact) mass is 370 g/mol. The van der Waals surface area contributed by atoms with Gasteiger partial charge in [-0.15, -0.1) is 6.42 Å². The number of carbonyl (C=O) groups excluding carboxylic acids is 1. The van der Waals surface area contributed by atoms with Gasteiger partial charge in [0.15, 0.2) is 0 Å². The molecule has 1 fully saturated rings. The first kappa shape index (κ1) is 20.5. The van der Waals surface area contributed by atoms with Crippen LogP contribution in [0.25, 0.3) is 0 Å². The van der Waals surface area contributed by atoms with Gasteiger partial charge in [-0.25, -0.2) is 4.39 Å². The van der Waals surface area contributed by atoms with Crippen molar-refractivity contribution in [2.24, 2.45) is 17.3 Å². The van der Waals surface area contributed by atoms with E-state index < -0.39 is 53.0 Å². The molecule has 0 saturated heterocycles. The van der Waals surface area contributed by atoms with E-state index >= 15 is 0 Å². The Labute approximate surface area is 141 Å². The second kappa shape index (κ2) is 7.56. The highest BCUT2D eigenvalue weighted by molar-refractivity contribution is 6.30. The Bertz CT molecular complexity index is 586. The van der Waals surface area contributed by atoms with Gasteiger partial charge in [0, 0.05) is 0 Å². The maximum absolute atomic E-state index is 13.6. The van der Waals surface area contributed by atoms with Gasteiger partial charge in [0.05, 0.1) is 12.6 Å². The summed E-state index contributed by atoms with van der Waals surface area (Å²) in [5.74, 6) is -1.77. The quantitative estimate of drug-likeness (QED) is 0.385. The zero-order valence-corrected chi connectivity index (χ0v) is 13.7. The van der Waals surface area contributed by atoms with E-state index in [1.807, 2.05) is 5.92 Å². The molecule has 3 unspecified atom stereocenters. The summed E-state index contributed by atoms with van der Waals surface area (Å²) in [6.07, 6.45) is 0.0892. The number of terminal acetylenes is 1. The smallest absolute Gasteiger partial charge is 0.426 e. The van der Waals surface area contributed by atoms with Gasteiger partial charge < -0.3 is 4.74 Å². The number of alkyl halides is 4. The lowest BCUT2D eigenvalue weighted by atomic mass is 10.1. The summed E-state index contributed by atoms with van der Waals surface area (Å²) in [6.45, 7) is 2.30. The third kappa shape index (κ3) is 4.73. The van der Waals surface area contributed by atoms with Crippen molar-refractivity contribution in [3.8, 4) is 12.3 Å². The Morgan fingerprint density at radius 2 is 2.04 bits per heavy atom. The molecule has 0 bridgehead atoms. The Kier molecular flexibility index (Phi) is 6.45. The predicted molar refractivity (Wildman–Crippen MR) is 79.2 cm³/mol. The van der Waals surface area contributed by atoms with Gasteiger partial charge in [-0.2, -0.15) is 13.2 Å². The van der Waals surface area contributed by atoms with Gasteiger partial charge >= 0.3 is 12.1 Å². The van der Waals surface area contributed by atoms with Gasteiger partial charge in [0.2, 0.25) is 6.10 Å². The van der Waals surface area contributed by atoms with Crippen molar-refractivity contribution in [3.63, 3.8) is 0 Å². The lowest BCUT2D eigenvalue weighted by Crippen LogP contribution is -2.20. The number of hydrogen-bond donors (Lipinski definition) is 0. The minimum Gasteiger partial charge on any atom is -0.441 e. The number of hydrogen-bond acceptors (Lipinski definition) is 2. The molecule has 0 aromatic heterocycles. The van der Waals surface area contributed by atoms with Crippen molar-refractivity contribution < 1.29 is 31.5 Å². The van der Waals surface area contributed by atoms with Crippen LogP contribution in [0.2, 0.25) is 0 Å². The summed E-state index contributed by atoms with van der Waals surface area (Å²) in [6, 6.07) is 0. The molecule has 0 N–H and O–H groups in total. The van der Waals surface area contributed by atoms with Gasteiger partial charge in [0.1, 0.15) is 10.9 Å². The number of allylic oxidation sites excluding steroid dienone is 3. The summed E-state index contributed by atoms with van der Waals surface area (Å²) in [5, 5.41) is -1.33. The van der Waals surface area contributed by atoms with Crippen LogP contribution in [0.4, 0.5) is 22.0 Å². The first-order chi connectivity index (χ1) is 11.0. The van der Waals surface area contributed by atoms with Crippen LogP contribution in [0.3, 0.4) is 0 Å². The average Bonchev–Trinajstić information content (AvgIpc) is 3.01. The molecule has 1 aliphatic rings. The van der Waals surface area contributed by atoms with E-state index in [1.54, 1.807) is 13.8 Å². The molecule has 0 aromatic rings. The Morgan fingerprint density at radius 3 is 2.50 bits per heavy atom. The SMILES string of the molecule is C#CC(OC(=O)C1C(/C=C(\Cl)C(F)(F)F)C1(C)C)/C(F)=C/CCF. The molecule has 3 atom stereocenters. The molecular formula is C16H16ClF5O2. The molecule has 24 heavy (non-hydrogen) atoms. The van der Waals surface area contributed by atoms with Crippen LogP contribution in [-0.4, -0.2) is 24.9 Å². The Hall–Kier alpha value is -1.55. The van der Waals surface area contributed by atoms with Crippen LogP contribution >= 0.6 is 11.6 Å². The van der Waals surface area contributed by atoms with Gasteiger partial charge in [0.25, 0.3) is 0 Å². The molecule has 0 spiro atoms. The molecule has 1 rings (SSSR count). The van der Waals surface area contributed by atoms with Crippen molar-refractivity contribution in [3.05, 3.63) is 23.0 Å². The molecule has 134 valence electrons. The van der Waals surface area contributed by atoms with E-state index in [4.69, 9.17) is 22.8 Å². The summed E-state index contributed by atoms with van der Waals surface area (Å²) in [4.78, 5) is 12.1. The zero-order chi connectivity index (χ0) is 18.7. The third-order valence-electron chi connectivity index (χ3n) is 3.85. The normalized spacial score (nSPS) is 25.0. The van der Waals surface area contributed by atoms with Crippen LogP contribution < -0.4 is 0 Å². The van der Waals surface area contributed by atoms with Gasteiger partial charge in [-0.3, -0.25) is 9.18 Å². The summed E-state index contributed by atoms with van der Waals surface area (Å²) in [7, 11) is 0. The molecule has 0 heterocycles. The lowest BCUT2D eigenvalue weighted by Gasteiger charge is -2.11. The highest BCUT2D eigenvalue weighted by Gasteiger charge is 2.62. The largest absolute Gasteiger partial charge is 0.441 e. The van der Waals surface area contributed by atoms with Crippen molar-refractivity contribution in [2.45, 2.75) is 32.5 Å². The Balaban J connectivity index is 2.83. The molecular weight excluding hydrogens is 355 g/mol. The second-order valence-electron chi connectivity index (χ2n) is 5.89. The minimum absolute atomic E-state index is 0.233. The molecule has 1 saturated carbocycles. The zero-order valence-electron chi connectivity index (χ0n) is 13.0. The summed E-state index contributed by atoms with van der Waals surface area (Å²) >= 11 is 5.18. The summed E-state index contributed by atoms with van der Waals surface area (Å²) in [5.41, 5.74) is -0.833. The second-order valence-corrected chi connectivity index (χ2v) is 6.29. The fraction of sp³-hybridized carbons (Fsp3) is 0.562. The van der Waals surface area contributed by atoms with E-state index in [0.717, 1.165) is 12.2 Å². The first-order valence-electron chi connectivity index (χ1n) is 6.99. The number of rotatable bonds is 6. The number of esters is 1. The highest BCUT2D eigenvalue weighted by Crippen LogP contribution is 2.60. The van der Waals surface area contributed by atoms with E-state index in [-0.39, 0.29) is 6.42 Å². The molecule has 0 radical (unpaired) electrons. The molecule has 2 nitrogen and oxygen atoms in total. The predicted octanol–water partition coefficient (Wildman–Crippen LogP) is 4.70. The maximum atomic E-state index is 13.6. The van der Waals surface area contributed by atoms with Crippen LogP contribution in [0.1, 0.15) is 20.3 Å². The van der Waals surface area contributed by atoms with Crippen molar-refractivity contribution >= 4 is 17.6 Å². The summed E-state index contributed by atoms with van der Waals surface area (Å²) < 4.78 is 67.9. The molecule has 0 aromatic carbocycles. The topological polar surface area (TPSA) is 26.3 Å². The van der Waals surface area contributed by atoms with E-state index in [2.05, 4.69) is 0 Å².